The molecule has 0 bridgehead atoms. The molecule has 16 heavy (non-hydrogen) atoms. The van der Waals surface area contributed by atoms with Crippen molar-refractivity contribution >= 4 is 11.6 Å². The summed E-state index contributed by atoms with van der Waals surface area (Å²) >= 11 is 5.93. The third kappa shape index (κ3) is 3.78. The normalized spacial score (nSPS) is 14.8. The Labute approximate surface area is 102 Å². The summed E-state index contributed by atoms with van der Waals surface area (Å²) in [5, 5.41) is 10.8. The van der Waals surface area contributed by atoms with Gasteiger partial charge in [0, 0.05) is 17.5 Å². The molecule has 2 nitrogen and oxygen atoms in total. The third-order valence-electron chi connectivity index (χ3n) is 2.85. The fraction of sp³-hybridized carbons (Fsp3) is 0.538. The van der Waals surface area contributed by atoms with Crippen LogP contribution in [0.4, 0.5) is 0 Å². The first-order valence-electron chi connectivity index (χ1n) is 5.82. The molecule has 0 aliphatic heterocycles. The largest absolute Gasteiger partial charge is 0.392 e. The van der Waals surface area contributed by atoms with E-state index in [4.69, 9.17) is 17.3 Å². The van der Waals surface area contributed by atoms with E-state index in [0.29, 0.717) is 11.6 Å². The predicted octanol–water partition coefficient (Wildman–Crippen LogP) is 2.93. The van der Waals surface area contributed by atoms with Gasteiger partial charge in [-0.2, -0.15) is 0 Å². The minimum Gasteiger partial charge on any atom is -0.392 e. The zero-order chi connectivity index (χ0) is 12.0. The smallest absolute Gasteiger partial charge is 0.0620 e. The minimum absolute atomic E-state index is 0.00903. The van der Waals surface area contributed by atoms with E-state index in [1.807, 2.05) is 24.3 Å². The molecular formula is C13H20ClNO. The van der Waals surface area contributed by atoms with Gasteiger partial charge in [-0.3, -0.25) is 0 Å². The van der Waals surface area contributed by atoms with Crippen molar-refractivity contribution in [2.24, 2.45) is 5.73 Å². The zero-order valence-electron chi connectivity index (χ0n) is 9.70. The molecule has 0 saturated carbocycles. The highest BCUT2D eigenvalue weighted by Crippen LogP contribution is 2.24. The van der Waals surface area contributed by atoms with E-state index in [9.17, 15) is 5.11 Å². The van der Waals surface area contributed by atoms with Gasteiger partial charge in [-0.25, -0.2) is 0 Å². The fourth-order valence-corrected chi connectivity index (χ4v) is 2.07. The molecule has 90 valence electrons. The molecule has 0 saturated heterocycles. The quantitative estimate of drug-likeness (QED) is 0.805. The number of hydrogen-bond donors (Lipinski definition) is 2. The van der Waals surface area contributed by atoms with Crippen LogP contribution >= 0.6 is 11.6 Å². The first kappa shape index (κ1) is 13.5. The number of hydrogen-bond acceptors (Lipinski definition) is 2. The Hall–Kier alpha value is -0.570. The highest BCUT2D eigenvalue weighted by atomic mass is 35.5. The Morgan fingerprint density at radius 3 is 2.75 bits per heavy atom. The standard InChI is InChI=1S/C13H20ClNO/c1-2-3-7-13(16)12(9-15)10-5-4-6-11(14)8-10/h4-6,8,12-13,16H,2-3,7,9,15H2,1H3. The summed E-state index contributed by atoms with van der Waals surface area (Å²) in [6.07, 6.45) is 2.54. The van der Waals surface area contributed by atoms with E-state index in [1.165, 1.54) is 0 Å². The molecule has 0 heterocycles. The van der Waals surface area contributed by atoms with Crippen molar-refractivity contribution in [1.29, 1.82) is 0 Å². The molecule has 1 aromatic carbocycles. The summed E-state index contributed by atoms with van der Waals surface area (Å²) in [7, 11) is 0. The van der Waals surface area contributed by atoms with Crippen LogP contribution in [-0.4, -0.2) is 17.8 Å². The number of halogens is 1. The second kappa shape index (κ2) is 6.89. The molecule has 0 aromatic heterocycles. The van der Waals surface area contributed by atoms with Crippen molar-refractivity contribution in [3.8, 4) is 0 Å². The summed E-state index contributed by atoms with van der Waals surface area (Å²) in [4.78, 5) is 0. The lowest BCUT2D eigenvalue weighted by Gasteiger charge is -2.21. The lowest BCUT2D eigenvalue weighted by Crippen LogP contribution is -2.25. The summed E-state index contributed by atoms with van der Waals surface area (Å²) in [6, 6.07) is 7.58. The zero-order valence-corrected chi connectivity index (χ0v) is 10.5. The lowest BCUT2D eigenvalue weighted by molar-refractivity contribution is 0.133. The van der Waals surface area contributed by atoms with Crippen LogP contribution in [0.1, 0.15) is 37.7 Å². The van der Waals surface area contributed by atoms with Gasteiger partial charge in [0.25, 0.3) is 0 Å². The van der Waals surface area contributed by atoms with Crippen LogP contribution in [0.25, 0.3) is 0 Å². The second-order valence-electron chi connectivity index (χ2n) is 4.11. The second-order valence-corrected chi connectivity index (χ2v) is 4.54. The molecule has 0 fully saturated rings. The number of unbranched alkanes of at least 4 members (excludes halogenated alkanes) is 1. The van der Waals surface area contributed by atoms with Gasteiger partial charge < -0.3 is 10.8 Å². The molecule has 0 spiro atoms. The molecule has 3 heteroatoms. The van der Waals surface area contributed by atoms with E-state index in [2.05, 4.69) is 6.92 Å². The Kier molecular flexibility index (Phi) is 5.81. The van der Waals surface area contributed by atoms with E-state index < -0.39 is 0 Å². The van der Waals surface area contributed by atoms with Gasteiger partial charge in [-0.15, -0.1) is 0 Å². The molecule has 0 aliphatic rings. The first-order valence-corrected chi connectivity index (χ1v) is 6.20. The topological polar surface area (TPSA) is 46.2 Å². The van der Waals surface area contributed by atoms with E-state index in [-0.39, 0.29) is 12.0 Å². The van der Waals surface area contributed by atoms with Crippen molar-refractivity contribution in [3.63, 3.8) is 0 Å². The van der Waals surface area contributed by atoms with E-state index in [1.54, 1.807) is 0 Å². The molecule has 2 unspecified atom stereocenters. The number of nitrogens with two attached hydrogens (primary N) is 1. The van der Waals surface area contributed by atoms with Crippen molar-refractivity contribution < 1.29 is 5.11 Å². The van der Waals surface area contributed by atoms with E-state index >= 15 is 0 Å². The number of rotatable bonds is 6. The van der Waals surface area contributed by atoms with Gasteiger partial charge in [0.1, 0.15) is 0 Å². The highest BCUT2D eigenvalue weighted by molar-refractivity contribution is 6.30. The third-order valence-corrected chi connectivity index (χ3v) is 3.08. The Bertz CT molecular complexity index is 317. The van der Waals surface area contributed by atoms with Gasteiger partial charge in [0.15, 0.2) is 0 Å². The predicted molar refractivity (Wildman–Crippen MR) is 68.8 cm³/mol. The SMILES string of the molecule is CCCCC(O)C(CN)c1cccc(Cl)c1. The monoisotopic (exact) mass is 241 g/mol. The van der Waals surface area contributed by atoms with Crippen LogP contribution < -0.4 is 5.73 Å². The summed E-state index contributed by atoms with van der Waals surface area (Å²) in [6.45, 7) is 2.56. The minimum atomic E-state index is -0.372. The summed E-state index contributed by atoms with van der Waals surface area (Å²) in [5.74, 6) is -0.00903. The van der Waals surface area contributed by atoms with Gasteiger partial charge in [0.05, 0.1) is 6.10 Å². The summed E-state index contributed by atoms with van der Waals surface area (Å²) < 4.78 is 0. The maximum Gasteiger partial charge on any atom is 0.0620 e. The van der Waals surface area contributed by atoms with E-state index in [0.717, 1.165) is 24.8 Å². The van der Waals surface area contributed by atoms with Crippen LogP contribution in [-0.2, 0) is 0 Å². The van der Waals surface area contributed by atoms with Crippen molar-refractivity contribution in [2.45, 2.75) is 38.2 Å². The highest BCUT2D eigenvalue weighted by Gasteiger charge is 2.19. The van der Waals surface area contributed by atoms with Crippen molar-refractivity contribution in [3.05, 3.63) is 34.9 Å². The van der Waals surface area contributed by atoms with Gasteiger partial charge in [0.2, 0.25) is 0 Å². The molecule has 0 amide bonds. The Morgan fingerprint density at radius 1 is 1.44 bits per heavy atom. The fourth-order valence-electron chi connectivity index (χ4n) is 1.87. The Morgan fingerprint density at radius 2 is 2.19 bits per heavy atom. The van der Waals surface area contributed by atoms with Gasteiger partial charge >= 0.3 is 0 Å². The molecule has 1 rings (SSSR count). The molecule has 2 atom stereocenters. The van der Waals surface area contributed by atoms with Crippen LogP contribution in [0.3, 0.4) is 0 Å². The Balaban J connectivity index is 2.73. The van der Waals surface area contributed by atoms with Crippen LogP contribution in [0.2, 0.25) is 5.02 Å². The lowest BCUT2D eigenvalue weighted by atomic mass is 9.90. The number of aliphatic hydroxyl groups excluding tert-OH is 1. The van der Waals surface area contributed by atoms with Gasteiger partial charge in [-0.05, 0) is 24.1 Å². The molecule has 0 radical (unpaired) electrons. The van der Waals surface area contributed by atoms with Crippen molar-refractivity contribution in [2.75, 3.05) is 6.54 Å². The average Bonchev–Trinajstić information content (AvgIpc) is 2.27. The molecule has 3 N–H and O–H groups in total. The maximum atomic E-state index is 10.1. The number of aliphatic hydroxyl groups is 1. The first-order chi connectivity index (χ1) is 7.69. The molecular weight excluding hydrogens is 222 g/mol. The van der Waals surface area contributed by atoms with Crippen LogP contribution in [0, 0.1) is 0 Å². The molecule has 0 aliphatic carbocycles. The maximum absolute atomic E-state index is 10.1. The molecule has 1 aromatic rings. The van der Waals surface area contributed by atoms with Crippen molar-refractivity contribution in [1.82, 2.24) is 0 Å². The summed E-state index contributed by atoms with van der Waals surface area (Å²) in [5.41, 5.74) is 6.75. The number of benzene rings is 1. The average molecular weight is 242 g/mol. The van der Waals surface area contributed by atoms with Crippen LogP contribution in [0.5, 0.6) is 0 Å². The van der Waals surface area contributed by atoms with Gasteiger partial charge in [-0.1, -0.05) is 43.5 Å². The van der Waals surface area contributed by atoms with Crippen LogP contribution in [0.15, 0.2) is 24.3 Å².